The van der Waals surface area contributed by atoms with Gasteiger partial charge < -0.3 is 15.1 Å². The Labute approximate surface area is 224 Å². The number of anilines is 1. The van der Waals surface area contributed by atoms with Gasteiger partial charge in [-0.3, -0.25) is 9.59 Å². The Morgan fingerprint density at radius 2 is 1.79 bits per heavy atom. The molecule has 2 aliphatic heterocycles. The molecule has 2 unspecified atom stereocenters. The third-order valence-electron chi connectivity index (χ3n) is 7.44. The summed E-state index contributed by atoms with van der Waals surface area (Å²) in [6.07, 6.45) is 1.22. The van der Waals surface area contributed by atoms with E-state index in [4.69, 9.17) is 0 Å². The average Bonchev–Trinajstić information content (AvgIpc) is 2.86. The molecular weight excluding hydrogens is 507 g/mol. The first-order valence-electron chi connectivity index (χ1n) is 13.2. The van der Waals surface area contributed by atoms with Crippen molar-refractivity contribution in [3.8, 4) is 0 Å². The Hall–Kier alpha value is -2.98. The van der Waals surface area contributed by atoms with Crippen LogP contribution in [0.3, 0.4) is 0 Å². The topological polar surface area (TPSA) is 90.0 Å². The Balaban J connectivity index is 1.53. The predicted octanol–water partition coefficient (Wildman–Crippen LogP) is 3.44. The second kappa shape index (κ2) is 11.4. The van der Waals surface area contributed by atoms with E-state index in [1.807, 2.05) is 56.0 Å². The number of sulfonamides is 1. The predicted molar refractivity (Wildman–Crippen MR) is 145 cm³/mol. The fraction of sp³-hybridized carbons (Fsp3) is 0.500. The van der Waals surface area contributed by atoms with Gasteiger partial charge in [-0.1, -0.05) is 36.4 Å². The van der Waals surface area contributed by atoms with Gasteiger partial charge >= 0.3 is 0 Å². The average molecular weight is 545 g/mol. The van der Waals surface area contributed by atoms with E-state index in [2.05, 4.69) is 5.32 Å². The summed E-state index contributed by atoms with van der Waals surface area (Å²) in [6.45, 7) is 8.02. The number of benzene rings is 2. The number of amides is 2. The van der Waals surface area contributed by atoms with E-state index in [0.717, 1.165) is 5.56 Å². The highest BCUT2D eigenvalue weighted by Gasteiger charge is 2.41. The molecule has 8 nitrogen and oxygen atoms in total. The van der Waals surface area contributed by atoms with Gasteiger partial charge in [-0.05, 0) is 51.3 Å². The summed E-state index contributed by atoms with van der Waals surface area (Å²) >= 11 is 0. The van der Waals surface area contributed by atoms with Gasteiger partial charge in [-0.15, -0.1) is 0 Å². The van der Waals surface area contributed by atoms with E-state index >= 15 is 4.39 Å². The lowest BCUT2D eigenvalue weighted by Crippen LogP contribution is -2.61. The highest BCUT2D eigenvalue weighted by atomic mass is 32.2. The smallest absolute Gasteiger partial charge is 0.244 e. The lowest BCUT2D eigenvalue weighted by Gasteiger charge is -2.41. The Morgan fingerprint density at radius 3 is 2.42 bits per heavy atom. The van der Waals surface area contributed by atoms with Crippen molar-refractivity contribution in [3.05, 3.63) is 65.5 Å². The van der Waals surface area contributed by atoms with E-state index in [0.29, 0.717) is 37.2 Å². The fourth-order valence-corrected chi connectivity index (χ4v) is 7.57. The SMILES string of the molecule is CC(=O)N1CCN(c2ccc(CN3[C@@H](C)CCC(c4ccccc4)S3(=O)=O)c(F)c2)CC1C(=O)NC(C)C. The number of hydrogen-bond donors (Lipinski definition) is 1. The van der Waals surface area contributed by atoms with Crippen LogP contribution in [0.2, 0.25) is 0 Å². The standard InChI is InChI=1S/C28H37FN4O4S/c1-19(2)30-28(35)26-18-31(14-15-32(26)21(4)34)24-12-11-23(25(29)16-24)17-33-20(3)10-13-27(38(33,36)37)22-8-6-5-7-9-22/h5-9,11-12,16,19-20,26-27H,10,13-15,17-18H2,1-4H3,(H,30,35)/t20-,26?,27?/m0/s1. The largest absolute Gasteiger partial charge is 0.367 e. The van der Waals surface area contributed by atoms with Crippen LogP contribution in [0.1, 0.15) is 56.9 Å². The van der Waals surface area contributed by atoms with Gasteiger partial charge in [0.1, 0.15) is 17.1 Å². The van der Waals surface area contributed by atoms with E-state index in [1.165, 1.54) is 17.3 Å². The number of hydrogen-bond acceptors (Lipinski definition) is 5. The zero-order chi connectivity index (χ0) is 27.6. The summed E-state index contributed by atoms with van der Waals surface area (Å²) < 4.78 is 43.9. The molecule has 2 aromatic rings. The number of piperazine rings is 1. The van der Waals surface area contributed by atoms with Crippen LogP contribution in [-0.4, -0.2) is 67.2 Å². The molecule has 206 valence electrons. The van der Waals surface area contributed by atoms with E-state index < -0.39 is 27.1 Å². The minimum absolute atomic E-state index is 0.0452. The van der Waals surface area contributed by atoms with Crippen molar-refractivity contribution < 1.29 is 22.4 Å². The van der Waals surface area contributed by atoms with Crippen LogP contribution in [0.15, 0.2) is 48.5 Å². The molecule has 4 rings (SSSR count). The van der Waals surface area contributed by atoms with Crippen molar-refractivity contribution in [2.24, 2.45) is 0 Å². The van der Waals surface area contributed by atoms with Crippen molar-refractivity contribution in [1.29, 1.82) is 0 Å². The maximum absolute atomic E-state index is 15.4. The number of carbonyl (C=O) groups excluding carboxylic acids is 2. The minimum Gasteiger partial charge on any atom is -0.367 e. The molecule has 2 amide bonds. The van der Waals surface area contributed by atoms with Crippen molar-refractivity contribution in [1.82, 2.24) is 14.5 Å². The Kier molecular flexibility index (Phi) is 8.42. The summed E-state index contributed by atoms with van der Waals surface area (Å²) in [5.74, 6) is -0.918. The molecule has 3 atom stereocenters. The molecule has 0 aromatic heterocycles. The van der Waals surface area contributed by atoms with E-state index in [9.17, 15) is 18.0 Å². The molecule has 2 heterocycles. The van der Waals surface area contributed by atoms with Crippen molar-refractivity contribution >= 4 is 27.5 Å². The first-order valence-corrected chi connectivity index (χ1v) is 14.7. The quantitative estimate of drug-likeness (QED) is 0.602. The number of nitrogens with one attached hydrogen (secondary N) is 1. The highest BCUT2D eigenvalue weighted by molar-refractivity contribution is 7.89. The molecule has 2 aromatic carbocycles. The first-order chi connectivity index (χ1) is 18.0. The first kappa shape index (κ1) is 28.0. The van der Waals surface area contributed by atoms with Crippen LogP contribution in [0.5, 0.6) is 0 Å². The molecule has 0 aliphatic carbocycles. The molecule has 2 saturated heterocycles. The molecular formula is C28H37FN4O4S. The maximum Gasteiger partial charge on any atom is 0.244 e. The number of carbonyl (C=O) groups is 2. The maximum atomic E-state index is 15.4. The summed E-state index contributed by atoms with van der Waals surface area (Å²) in [7, 11) is -3.68. The molecule has 0 radical (unpaired) electrons. The fourth-order valence-electron chi connectivity index (χ4n) is 5.38. The van der Waals surface area contributed by atoms with Crippen LogP contribution in [0.25, 0.3) is 0 Å². The van der Waals surface area contributed by atoms with Crippen LogP contribution in [0.4, 0.5) is 10.1 Å². The van der Waals surface area contributed by atoms with Gasteiger partial charge in [0, 0.05) is 56.4 Å². The zero-order valence-electron chi connectivity index (χ0n) is 22.4. The summed E-state index contributed by atoms with van der Waals surface area (Å²) in [6, 6.07) is 13.0. The van der Waals surface area contributed by atoms with Crippen LogP contribution in [-0.2, 0) is 26.2 Å². The van der Waals surface area contributed by atoms with Gasteiger partial charge in [0.05, 0.1) is 0 Å². The number of rotatable bonds is 6. The van der Waals surface area contributed by atoms with Crippen molar-refractivity contribution in [2.75, 3.05) is 24.5 Å². The van der Waals surface area contributed by atoms with Gasteiger partial charge in [-0.25, -0.2) is 12.8 Å². The molecule has 0 bridgehead atoms. The van der Waals surface area contributed by atoms with Crippen LogP contribution < -0.4 is 10.2 Å². The highest BCUT2D eigenvalue weighted by Crippen LogP contribution is 2.38. The molecule has 1 N–H and O–H groups in total. The van der Waals surface area contributed by atoms with E-state index in [-0.39, 0.29) is 37.0 Å². The minimum atomic E-state index is -3.68. The third-order valence-corrected chi connectivity index (χ3v) is 9.81. The summed E-state index contributed by atoms with van der Waals surface area (Å²) in [5.41, 5.74) is 1.64. The molecule has 2 aliphatic rings. The third kappa shape index (κ3) is 5.86. The lowest BCUT2D eigenvalue weighted by atomic mass is 10.0. The second-order valence-electron chi connectivity index (χ2n) is 10.5. The molecule has 2 fully saturated rings. The number of halogens is 1. The van der Waals surface area contributed by atoms with Gasteiger partial charge in [0.15, 0.2) is 0 Å². The Morgan fingerprint density at radius 1 is 1.08 bits per heavy atom. The van der Waals surface area contributed by atoms with Gasteiger partial charge in [-0.2, -0.15) is 4.31 Å². The molecule has 0 saturated carbocycles. The van der Waals surface area contributed by atoms with Crippen molar-refractivity contribution in [2.45, 2.75) is 70.5 Å². The Bertz CT molecular complexity index is 1270. The van der Waals surface area contributed by atoms with Crippen molar-refractivity contribution in [3.63, 3.8) is 0 Å². The lowest BCUT2D eigenvalue weighted by molar-refractivity contribution is -0.139. The molecule has 10 heteroatoms. The molecule has 38 heavy (non-hydrogen) atoms. The second-order valence-corrected chi connectivity index (χ2v) is 12.6. The van der Waals surface area contributed by atoms with Crippen LogP contribution in [0, 0.1) is 5.82 Å². The van der Waals surface area contributed by atoms with Gasteiger partial charge in [0.2, 0.25) is 21.8 Å². The summed E-state index contributed by atoms with van der Waals surface area (Å²) in [5, 5.41) is 2.22. The van der Waals surface area contributed by atoms with Crippen LogP contribution >= 0.6 is 0 Å². The van der Waals surface area contributed by atoms with Gasteiger partial charge in [0.25, 0.3) is 0 Å². The monoisotopic (exact) mass is 544 g/mol. The molecule has 0 spiro atoms. The zero-order valence-corrected chi connectivity index (χ0v) is 23.2. The normalized spacial score (nSPS) is 23.9. The summed E-state index contributed by atoms with van der Waals surface area (Å²) in [4.78, 5) is 28.4. The van der Waals surface area contributed by atoms with E-state index in [1.54, 1.807) is 17.0 Å². The number of nitrogens with zero attached hydrogens (tertiary/aromatic N) is 3.